The summed E-state index contributed by atoms with van der Waals surface area (Å²) in [5.41, 5.74) is -1.63. The van der Waals surface area contributed by atoms with E-state index in [0.29, 0.717) is 57.8 Å². The molecule has 5 rings (SSSR count). The quantitative estimate of drug-likeness (QED) is 0.169. The van der Waals surface area contributed by atoms with Crippen LogP contribution < -0.4 is 0 Å². The Kier molecular flexibility index (Phi) is 13.0. The van der Waals surface area contributed by atoms with Crippen molar-refractivity contribution in [3.05, 3.63) is 12.2 Å². The molecule has 0 aliphatic carbocycles. The summed E-state index contributed by atoms with van der Waals surface area (Å²) in [4.78, 5) is 26.4. The number of aliphatic hydroxyl groups excluding tert-OH is 2. The molecule has 4 fully saturated rings. The summed E-state index contributed by atoms with van der Waals surface area (Å²) in [6.45, 7) is 19.6. The van der Waals surface area contributed by atoms with Crippen molar-refractivity contribution in [2.75, 3.05) is 0 Å². The molecule has 0 amide bonds. The van der Waals surface area contributed by atoms with Crippen LogP contribution in [0.15, 0.2) is 12.2 Å². The van der Waals surface area contributed by atoms with Gasteiger partial charge in [0.2, 0.25) is 5.79 Å². The lowest BCUT2D eigenvalue weighted by atomic mass is 9.72. The molecule has 5 aliphatic heterocycles. The van der Waals surface area contributed by atoms with Gasteiger partial charge in [-0.1, -0.05) is 55.4 Å². The standard InChI is InChI=1S/C42H70O11/c1-11-29(38(46)47)31-15-14-23(4)36(50-31)27(8)34(44)26(7)35(45)30(12-2)37-24(5)22-25(6)41(51-37)19-16-32(43)42(53-41)21-20-39(10,52-42)33-17-18-40(48,13-3)28(9)49-33/h16,19,23-34,36-37,43-44,48H,11-15,17-18,20-22H2,1-10H3,(H,46,47)/t23-,24-,25+,26-,27-,28-,29+,30-,31+,32-,33+,34+,36+,37-,39-,40+,41+,42-/m0/s1. The number of ketones is 1. The summed E-state index contributed by atoms with van der Waals surface area (Å²) >= 11 is 0. The number of aliphatic hydroxyl groups is 3. The summed E-state index contributed by atoms with van der Waals surface area (Å²) in [5.74, 6) is -5.78. The minimum Gasteiger partial charge on any atom is -0.481 e. The Hall–Kier alpha value is -1.44. The largest absolute Gasteiger partial charge is 0.481 e. The first-order valence-electron chi connectivity index (χ1n) is 20.7. The van der Waals surface area contributed by atoms with Gasteiger partial charge in [0.05, 0.1) is 53.7 Å². The number of aliphatic carboxylic acids is 1. The highest BCUT2D eigenvalue weighted by Gasteiger charge is 2.63. The number of hydrogen-bond donors (Lipinski definition) is 4. The molecule has 0 unspecified atom stereocenters. The number of carboxylic acid groups (broad SMARTS) is 1. The second kappa shape index (κ2) is 16.2. The highest BCUT2D eigenvalue weighted by Crippen LogP contribution is 2.54. The highest BCUT2D eigenvalue weighted by atomic mass is 16.8. The molecule has 0 aromatic rings. The number of hydrogen-bond acceptors (Lipinski definition) is 10. The predicted octanol–water partition coefficient (Wildman–Crippen LogP) is 6.19. The van der Waals surface area contributed by atoms with E-state index in [-0.39, 0.29) is 41.8 Å². The third-order valence-electron chi connectivity index (χ3n) is 14.4. The number of Topliss-reactive ketones (excluding diaryl/α,β-unsaturated/α-hetero) is 1. The number of carbonyl (C=O) groups is 2. The van der Waals surface area contributed by atoms with Crippen LogP contribution in [0.1, 0.15) is 133 Å². The van der Waals surface area contributed by atoms with Crippen LogP contribution in [0.2, 0.25) is 0 Å². The van der Waals surface area contributed by atoms with Crippen LogP contribution in [0.3, 0.4) is 0 Å². The van der Waals surface area contributed by atoms with E-state index in [1.54, 1.807) is 19.1 Å². The van der Waals surface area contributed by atoms with E-state index in [2.05, 4.69) is 20.8 Å². The molecule has 0 aromatic heterocycles. The van der Waals surface area contributed by atoms with Crippen molar-refractivity contribution in [2.24, 2.45) is 41.4 Å². The third-order valence-corrected chi connectivity index (χ3v) is 14.4. The van der Waals surface area contributed by atoms with Crippen molar-refractivity contribution < 1.29 is 53.7 Å². The van der Waals surface area contributed by atoms with Gasteiger partial charge in [-0.2, -0.15) is 0 Å². The molecule has 11 nitrogen and oxygen atoms in total. The fraction of sp³-hybridized carbons (Fsp3) is 0.905. The molecule has 5 aliphatic rings. The number of rotatable bonds is 12. The molecule has 0 saturated carbocycles. The summed E-state index contributed by atoms with van der Waals surface area (Å²) < 4.78 is 33.5. The van der Waals surface area contributed by atoms with E-state index in [1.165, 1.54) is 0 Å². The molecule has 18 atom stereocenters. The zero-order chi connectivity index (χ0) is 39.3. The fourth-order valence-corrected chi connectivity index (χ4v) is 10.5. The van der Waals surface area contributed by atoms with Crippen LogP contribution in [-0.4, -0.2) is 97.7 Å². The Balaban J connectivity index is 1.31. The zero-order valence-corrected chi connectivity index (χ0v) is 34.0. The van der Waals surface area contributed by atoms with Crippen molar-refractivity contribution in [1.29, 1.82) is 0 Å². The fourth-order valence-electron chi connectivity index (χ4n) is 10.5. The molecule has 304 valence electrons. The molecule has 11 heteroatoms. The molecule has 4 N–H and O–H groups in total. The van der Waals surface area contributed by atoms with E-state index in [1.807, 2.05) is 41.5 Å². The molecular formula is C42H70O11. The Morgan fingerprint density at radius 1 is 0.887 bits per heavy atom. The second-order valence-corrected chi connectivity index (χ2v) is 17.9. The molecule has 0 radical (unpaired) electrons. The van der Waals surface area contributed by atoms with Gasteiger partial charge in [-0.15, -0.1) is 0 Å². The zero-order valence-electron chi connectivity index (χ0n) is 34.0. The van der Waals surface area contributed by atoms with Crippen LogP contribution in [0.25, 0.3) is 0 Å². The van der Waals surface area contributed by atoms with Crippen molar-refractivity contribution in [3.8, 4) is 0 Å². The van der Waals surface area contributed by atoms with Gasteiger partial charge in [0.25, 0.3) is 0 Å². The van der Waals surface area contributed by atoms with Crippen molar-refractivity contribution >= 4 is 11.8 Å². The van der Waals surface area contributed by atoms with Crippen LogP contribution in [0, 0.1) is 41.4 Å². The Morgan fingerprint density at radius 3 is 2.17 bits per heavy atom. The third kappa shape index (κ3) is 7.94. The van der Waals surface area contributed by atoms with Crippen LogP contribution in [0.4, 0.5) is 0 Å². The maximum Gasteiger partial charge on any atom is 0.309 e. The average molecular weight is 751 g/mol. The SMILES string of the molecule is CC[C@@H](C(=O)[C@@H](C)[C@@H](O)[C@H](C)[C@@H]1O[C@@H]([C@@H](CC)C(=O)O)CC[C@@H]1C)[C@H]1O[C@@]2(C=C[C@H](O)[C@]3(CC[C@@](C)([C@H]4CC[C@](O)(CC)[C@H](C)O4)O3)O2)[C@H](C)C[C@@H]1C. The first-order valence-corrected chi connectivity index (χ1v) is 20.7. The first kappa shape index (κ1) is 42.7. The van der Waals surface area contributed by atoms with Gasteiger partial charge in [-0.25, -0.2) is 0 Å². The summed E-state index contributed by atoms with van der Waals surface area (Å²) in [6, 6.07) is 0. The van der Waals surface area contributed by atoms with Gasteiger partial charge in [0.1, 0.15) is 11.9 Å². The lowest BCUT2D eigenvalue weighted by Gasteiger charge is -2.54. The Morgan fingerprint density at radius 2 is 1.57 bits per heavy atom. The minimum atomic E-state index is -1.37. The highest BCUT2D eigenvalue weighted by molar-refractivity contribution is 5.84. The van der Waals surface area contributed by atoms with Crippen LogP contribution in [0.5, 0.6) is 0 Å². The molecule has 5 heterocycles. The number of carbonyl (C=O) groups excluding carboxylic acids is 1. The summed E-state index contributed by atoms with van der Waals surface area (Å²) in [5, 5.41) is 44.0. The van der Waals surface area contributed by atoms with E-state index in [4.69, 9.17) is 23.7 Å². The van der Waals surface area contributed by atoms with E-state index < -0.39 is 76.8 Å². The van der Waals surface area contributed by atoms with Gasteiger partial charge in [-0.05, 0) is 95.6 Å². The lowest BCUT2D eigenvalue weighted by Crippen LogP contribution is -2.63. The first-order chi connectivity index (χ1) is 24.8. The van der Waals surface area contributed by atoms with E-state index >= 15 is 0 Å². The van der Waals surface area contributed by atoms with Crippen molar-refractivity contribution in [3.63, 3.8) is 0 Å². The minimum absolute atomic E-state index is 0.0137. The maximum atomic E-state index is 14.4. The Labute approximate surface area is 317 Å². The Bertz CT molecular complexity index is 1320. The molecule has 0 aromatic carbocycles. The van der Waals surface area contributed by atoms with Crippen molar-refractivity contribution in [2.45, 2.75) is 199 Å². The maximum absolute atomic E-state index is 14.4. The van der Waals surface area contributed by atoms with Gasteiger partial charge >= 0.3 is 5.97 Å². The number of carboxylic acids is 1. The van der Waals surface area contributed by atoms with Gasteiger partial charge in [0.15, 0.2) is 5.79 Å². The molecule has 53 heavy (non-hydrogen) atoms. The lowest BCUT2D eigenvalue weighted by molar-refractivity contribution is -0.409. The molecule has 0 bridgehead atoms. The van der Waals surface area contributed by atoms with E-state index in [0.717, 1.165) is 6.42 Å². The van der Waals surface area contributed by atoms with E-state index in [9.17, 15) is 30.0 Å². The van der Waals surface area contributed by atoms with Gasteiger partial charge in [-0.3, -0.25) is 9.59 Å². The number of ether oxygens (including phenoxy) is 5. The topological polar surface area (TPSA) is 161 Å². The van der Waals surface area contributed by atoms with Gasteiger partial charge < -0.3 is 44.1 Å². The molecule has 4 saturated heterocycles. The summed E-state index contributed by atoms with van der Waals surface area (Å²) in [6.07, 6.45) is 5.51. The van der Waals surface area contributed by atoms with Crippen LogP contribution >= 0.6 is 0 Å². The van der Waals surface area contributed by atoms with Crippen molar-refractivity contribution in [1.82, 2.24) is 0 Å². The second-order valence-electron chi connectivity index (χ2n) is 17.9. The summed E-state index contributed by atoms with van der Waals surface area (Å²) in [7, 11) is 0. The van der Waals surface area contributed by atoms with Gasteiger partial charge in [0, 0.05) is 30.1 Å². The normalized spacial score (nSPS) is 46.2. The molecular weight excluding hydrogens is 680 g/mol. The average Bonchev–Trinajstić information content (AvgIpc) is 3.47. The van der Waals surface area contributed by atoms with Crippen LogP contribution in [-0.2, 0) is 33.3 Å². The smallest absolute Gasteiger partial charge is 0.309 e. The predicted molar refractivity (Wildman–Crippen MR) is 199 cm³/mol. The monoisotopic (exact) mass is 750 g/mol. The molecule has 2 spiro atoms.